The topological polar surface area (TPSA) is 59.1 Å². The minimum absolute atomic E-state index is 0.163. The zero-order valence-electron chi connectivity index (χ0n) is 15.0. The van der Waals surface area contributed by atoms with Gasteiger partial charge in [0.05, 0.1) is 12.6 Å². The van der Waals surface area contributed by atoms with Crippen LogP contribution in [0.5, 0.6) is 0 Å². The van der Waals surface area contributed by atoms with E-state index in [4.69, 9.17) is 0 Å². The van der Waals surface area contributed by atoms with E-state index >= 15 is 0 Å². The third-order valence-corrected chi connectivity index (χ3v) is 5.12. The summed E-state index contributed by atoms with van der Waals surface area (Å²) in [5.41, 5.74) is 0. The van der Waals surface area contributed by atoms with Crippen LogP contribution >= 0.6 is 0 Å². The van der Waals surface area contributed by atoms with Crippen molar-refractivity contribution in [1.82, 2.24) is 20.0 Å². The van der Waals surface area contributed by atoms with E-state index in [-0.39, 0.29) is 12.0 Å². The molecule has 2 saturated heterocycles. The Bertz CT molecular complexity index is 370. The number of hydrogen-bond acceptors (Lipinski definition) is 5. The average Bonchev–Trinajstić information content (AvgIpc) is 2.50. The maximum absolute atomic E-state index is 12.3. The van der Waals surface area contributed by atoms with Crippen molar-refractivity contribution in [3.05, 3.63) is 0 Å². The van der Waals surface area contributed by atoms with Crippen LogP contribution in [0.25, 0.3) is 0 Å². The molecule has 0 aromatic carbocycles. The molecule has 2 heterocycles. The zero-order valence-corrected chi connectivity index (χ0v) is 15.0. The van der Waals surface area contributed by atoms with Gasteiger partial charge in [0.15, 0.2) is 0 Å². The number of piperazine rings is 1. The van der Waals surface area contributed by atoms with Gasteiger partial charge in [0.25, 0.3) is 0 Å². The summed E-state index contributed by atoms with van der Waals surface area (Å²) >= 11 is 0. The first-order valence-corrected chi connectivity index (χ1v) is 9.14. The largest absolute Gasteiger partial charge is 0.392 e. The molecule has 2 rings (SSSR count). The molecule has 0 bridgehead atoms. The molecule has 1 amide bonds. The molecule has 0 spiro atoms. The second-order valence-corrected chi connectivity index (χ2v) is 7.20. The minimum atomic E-state index is -0.290. The number of hydrogen-bond donors (Lipinski definition) is 2. The first kappa shape index (κ1) is 18.6. The van der Waals surface area contributed by atoms with Crippen molar-refractivity contribution < 1.29 is 9.90 Å². The van der Waals surface area contributed by atoms with Gasteiger partial charge in [-0.3, -0.25) is 14.6 Å². The summed E-state index contributed by atoms with van der Waals surface area (Å²) in [4.78, 5) is 19.3. The summed E-state index contributed by atoms with van der Waals surface area (Å²) < 4.78 is 0. The van der Waals surface area contributed by atoms with Crippen molar-refractivity contribution in [2.24, 2.45) is 0 Å². The Morgan fingerprint density at radius 3 is 2.48 bits per heavy atom. The van der Waals surface area contributed by atoms with Gasteiger partial charge < -0.3 is 15.3 Å². The van der Waals surface area contributed by atoms with Gasteiger partial charge in [-0.1, -0.05) is 6.92 Å². The van der Waals surface area contributed by atoms with Crippen molar-refractivity contribution >= 4 is 5.91 Å². The molecule has 0 aromatic heterocycles. The van der Waals surface area contributed by atoms with Crippen LogP contribution in [0.3, 0.4) is 0 Å². The van der Waals surface area contributed by atoms with Gasteiger partial charge in [-0.05, 0) is 33.2 Å². The van der Waals surface area contributed by atoms with E-state index in [0.29, 0.717) is 18.6 Å². The lowest BCUT2D eigenvalue weighted by molar-refractivity contribution is -0.124. The summed E-state index contributed by atoms with van der Waals surface area (Å²) in [6, 6.07) is 0.734. The van der Waals surface area contributed by atoms with Gasteiger partial charge >= 0.3 is 0 Å². The standard InChI is InChI=1S/C17H34N4O2/c1-4-19-7-5-16(6-8-19)18-17(23)13-20-9-10-21(12-15(3)22)14(2)11-20/h14-16,22H,4-13H2,1-3H3,(H,18,23)/t14-,15+/m0/s1. The number of aliphatic hydroxyl groups is 1. The maximum Gasteiger partial charge on any atom is 0.234 e. The molecule has 6 heteroatoms. The number of carbonyl (C=O) groups is 1. The summed E-state index contributed by atoms with van der Waals surface area (Å²) in [6.45, 7) is 13.4. The molecule has 2 aliphatic heterocycles. The quantitative estimate of drug-likeness (QED) is 0.718. The van der Waals surface area contributed by atoms with Crippen LogP contribution in [0.15, 0.2) is 0 Å². The van der Waals surface area contributed by atoms with Crippen molar-refractivity contribution in [3.63, 3.8) is 0 Å². The predicted molar refractivity (Wildman–Crippen MR) is 92.4 cm³/mol. The number of piperidine rings is 1. The van der Waals surface area contributed by atoms with Gasteiger partial charge in [0.2, 0.25) is 5.91 Å². The third kappa shape index (κ3) is 6.03. The molecular weight excluding hydrogens is 292 g/mol. The molecule has 6 nitrogen and oxygen atoms in total. The zero-order chi connectivity index (χ0) is 16.8. The Morgan fingerprint density at radius 1 is 1.22 bits per heavy atom. The fourth-order valence-corrected chi connectivity index (χ4v) is 3.69. The van der Waals surface area contributed by atoms with E-state index in [9.17, 15) is 9.90 Å². The second-order valence-electron chi connectivity index (χ2n) is 7.20. The Hall–Kier alpha value is -0.690. The molecular formula is C17H34N4O2. The Morgan fingerprint density at radius 2 is 1.91 bits per heavy atom. The first-order valence-electron chi connectivity index (χ1n) is 9.14. The van der Waals surface area contributed by atoms with E-state index < -0.39 is 0 Å². The Labute approximate surface area is 140 Å². The highest BCUT2D eigenvalue weighted by atomic mass is 16.3. The summed E-state index contributed by atoms with van der Waals surface area (Å²) in [5, 5.41) is 12.7. The predicted octanol–water partition coefficient (Wildman–Crippen LogP) is -0.0262. The van der Waals surface area contributed by atoms with Crippen molar-refractivity contribution in [1.29, 1.82) is 0 Å². The van der Waals surface area contributed by atoms with Crippen LogP contribution in [0, 0.1) is 0 Å². The lowest BCUT2D eigenvalue weighted by atomic mass is 10.1. The van der Waals surface area contributed by atoms with Crippen LogP contribution < -0.4 is 5.32 Å². The number of likely N-dealkylation sites (tertiary alicyclic amines) is 1. The van der Waals surface area contributed by atoms with Crippen LogP contribution in [0.4, 0.5) is 0 Å². The van der Waals surface area contributed by atoms with E-state index in [0.717, 1.165) is 58.7 Å². The first-order chi connectivity index (χ1) is 11.0. The smallest absolute Gasteiger partial charge is 0.234 e. The highest BCUT2D eigenvalue weighted by Gasteiger charge is 2.26. The number of aliphatic hydroxyl groups excluding tert-OH is 1. The monoisotopic (exact) mass is 326 g/mol. The van der Waals surface area contributed by atoms with E-state index in [1.807, 2.05) is 6.92 Å². The van der Waals surface area contributed by atoms with E-state index in [1.54, 1.807) is 0 Å². The molecule has 0 aliphatic carbocycles. The fourth-order valence-electron chi connectivity index (χ4n) is 3.69. The van der Waals surface area contributed by atoms with E-state index in [2.05, 4.69) is 33.9 Å². The molecule has 0 saturated carbocycles. The SMILES string of the molecule is CCN1CCC(NC(=O)CN2CCN(C[C@@H](C)O)[C@@H](C)C2)CC1. The maximum atomic E-state index is 12.3. The molecule has 2 fully saturated rings. The third-order valence-electron chi connectivity index (χ3n) is 5.12. The molecule has 2 aliphatic rings. The number of β-amino-alcohol motifs (C(OH)–C–C–N with tert-alkyl or cyclic N) is 1. The lowest BCUT2D eigenvalue weighted by Crippen LogP contribution is -2.56. The van der Waals surface area contributed by atoms with Crippen LogP contribution in [-0.2, 0) is 4.79 Å². The van der Waals surface area contributed by atoms with E-state index in [1.165, 1.54) is 0 Å². The molecule has 0 aromatic rings. The Balaban J connectivity index is 1.68. The molecule has 2 atom stereocenters. The van der Waals surface area contributed by atoms with Crippen LogP contribution in [0.2, 0.25) is 0 Å². The van der Waals surface area contributed by atoms with Gasteiger partial charge in [0, 0.05) is 51.4 Å². The molecule has 23 heavy (non-hydrogen) atoms. The van der Waals surface area contributed by atoms with Crippen molar-refractivity contribution in [2.45, 2.75) is 51.8 Å². The number of nitrogens with zero attached hydrogens (tertiary/aromatic N) is 3. The summed E-state index contributed by atoms with van der Waals surface area (Å²) in [7, 11) is 0. The van der Waals surface area contributed by atoms with Gasteiger partial charge in [-0.25, -0.2) is 0 Å². The lowest BCUT2D eigenvalue weighted by Gasteiger charge is -2.40. The second kappa shape index (κ2) is 8.97. The number of nitrogens with one attached hydrogen (secondary N) is 1. The normalized spacial score (nSPS) is 27.0. The molecule has 134 valence electrons. The highest BCUT2D eigenvalue weighted by Crippen LogP contribution is 2.11. The van der Waals surface area contributed by atoms with Crippen LogP contribution in [-0.4, -0.2) is 96.3 Å². The van der Waals surface area contributed by atoms with Crippen LogP contribution in [0.1, 0.15) is 33.6 Å². The fraction of sp³-hybridized carbons (Fsp3) is 0.941. The average molecular weight is 326 g/mol. The number of rotatable bonds is 6. The highest BCUT2D eigenvalue weighted by molar-refractivity contribution is 5.78. The molecule has 0 radical (unpaired) electrons. The van der Waals surface area contributed by atoms with Gasteiger partial charge in [0.1, 0.15) is 0 Å². The number of amides is 1. The number of carbonyl (C=O) groups excluding carboxylic acids is 1. The molecule has 0 unspecified atom stereocenters. The Kier molecular flexibility index (Phi) is 7.27. The van der Waals surface area contributed by atoms with Gasteiger partial charge in [-0.15, -0.1) is 0 Å². The minimum Gasteiger partial charge on any atom is -0.392 e. The van der Waals surface area contributed by atoms with Crippen molar-refractivity contribution in [2.75, 3.05) is 52.4 Å². The summed E-state index contributed by atoms with van der Waals surface area (Å²) in [6.07, 6.45) is 1.84. The molecule has 2 N–H and O–H groups in total. The summed E-state index contributed by atoms with van der Waals surface area (Å²) in [5.74, 6) is 0.163. The van der Waals surface area contributed by atoms with Gasteiger partial charge in [-0.2, -0.15) is 0 Å². The van der Waals surface area contributed by atoms with Crippen molar-refractivity contribution in [3.8, 4) is 0 Å².